The molecule has 27 heavy (non-hydrogen) atoms. The van der Waals surface area contributed by atoms with Gasteiger partial charge in [-0.2, -0.15) is 0 Å². The normalized spacial score (nSPS) is 18.6. The summed E-state index contributed by atoms with van der Waals surface area (Å²) in [5.74, 6) is 0.124. The lowest BCUT2D eigenvalue weighted by Crippen LogP contribution is -2.45. The highest BCUT2D eigenvalue weighted by Gasteiger charge is 2.27. The Balaban J connectivity index is 0.00000261. The lowest BCUT2D eigenvalue weighted by Gasteiger charge is -2.30. The van der Waals surface area contributed by atoms with Crippen molar-refractivity contribution >= 4 is 29.7 Å². The minimum Gasteiger partial charge on any atom is -0.366 e. The van der Waals surface area contributed by atoms with Gasteiger partial charge in [-0.15, -0.1) is 12.4 Å². The largest absolute Gasteiger partial charge is 0.366 e. The molecule has 7 nitrogen and oxygen atoms in total. The fourth-order valence-corrected chi connectivity index (χ4v) is 4.19. The average molecular weight is 397 g/mol. The van der Waals surface area contributed by atoms with E-state index in [2.05, 4.69) is 5.32 Å². The molecule has 0 spiro atoms. The molecule has 1 aromatic rings. The first-order chi connectivity index (χ1) is 12.6. The predicted octanol–water partition coefficient (Wildman–Crippen LogP) is 3.25. The van der Waals surface area contributed by atoms with Crippen molar-refractivity contribution in [3.63, 3.8) is 0 Å². The van der Waals surface area contributed by atoms with Crippen LogP contribution >= 0.6 is 12.4 Å². The lowest BCUT2D eigenvalue weighted by molar-refractivity contribution is -0.384. The van der Waals surface area contributed by atoms with E-state index in [1.807, 2.05) is 4.90 Å². The van der Waals surface area contributed by atoms with E-state index in [-0.39, 0.29) is 30.0 Å². The number of nitro groups is 1. The first-order valence-corrected chi connectivity index (χ1v) is 9.64. The molecule has 1 saturated heterocycles. The molecule has 1 heterocycles. The Bertz CT molecular complexity index is 658. The number of carbonyl (C=O) groups excluding carboxylic acids is 1. The van der Waals surface area contributed by atoms with Gasteiger partial charge in [-0.05, 0) is 43.7 Å². The van der Waals surface area contributed by atoms with E-state index in [0.717, 1.165) is 38.8 Å². The summed E-state index contributed by atoms with van der Waals surface area (Å²) in [5.41, 5.74) is 6.82. The summed E-state index contributed by atoms with van der Waals surface area (Å²) in [6, 6.07) is 4.72. The fraction of sp³-hybridized carbons (Fsp3) is 0.632. The van der Waals surface area contributed by atoms with Gasteiger partial charge in [0.1, 0.15) is 5.69 Å². The molecule has 150 valence electrons. The van der Waals surface area contributed by atoms with Crippen LogP contribution in [0.1, 0.15) is 55.3 Å². The van der Waals surface area contributed by atoms with Crippen LogP contribution in [0.5, 0.6) is 0 Å². The zero-order valence-electron chi connectivity index (χ0n) is 15.6. The van der Waals surface area contributed by atoms with Crippen LogP contribution in [0, 0.1) is 16.0 Å². The summed E-state index contributed by atoms with van der Waals surface area (Å²) in [6.07, 6.45) is 7.83. The van der Waals surface area contributed by atoms with Crippen molar-refractivity contribution in [3.05, 3.63) is 33.9 Å². The van der Waals surface area contributed by atoms with Gasteiger partial charge in [-0.1, -0.05) is 19.3 Å². The Labute approximate surface area is 166 Å². The second-order valence-electron chi connectivity index (χ2n) is 7.37. The zero-order valence-corrected chi connectivity index (χ0v) is 16.4. The number of anilines is 1. The van der Waals surface area contributed by atoms with Gasteiger partial charge in [-0.25, -0.2) is 0 Å². The van der Waals surface area contributed by atoms with Crippen LogP contribution in [0.3, 0.4) is 0 Å². The standard InChI is InChI=1S/C19H28N4O3.ClH/c20-13-16(14-6-2-1-3-7-14)21-19(24)15-8-9-17(18(12-15)23(25)26)22-10-4-5-11-22;/h8-9,12,14,16H,1-7,10-11,13,20H2,(H,21,24);1H. The van der Waals surface area contributed by atoms with Crippen LogP contribution in [0.15, 0.2) is 18.2 Å². The molecule has 1 atom stereocenters. The van der Waals surface area contributed by atoms with Gasteiger partial charge >= 0.3 is 0 Å². The summed E-state index contributed by atoms with van der Waals surface area (Å²) in [5, 5.41) is 14.5. The molecular weight excluding hydrogens is 368 g/mol. The highest BCUT2D eigenvalue weighted by molar-refractivity contribution is 5.96. The van der Waals surface area contributed by atoms with E-state index in [1.54, 1.807) is 12.1 Å². The summed E-state index contributed by atoms with van der Waals surface area (Å²) in [4.78, 5) is 25.8. The number of hydrogen-bond acceptors (Lipinski definition) is 5. The Morgan fingerprint density at radius 2 is 1.89 bits per heavy atom. The van der Waals surface area contributed by atoms with Crippen molar-refractivity contribution in [2.75, 3.05) is 24.5 Å². The third kappa shape index (κ3) is 5.11. The number of nitro benzene ring substituents is 1. The summed E-state index contributed by atoms with van der Waals surface area (Å²) in [6.45, 7) is 2.04. The van der Waals surface area contributed by atoms with Gasteiger partial charge in [0.05, 0.1) is 4.92 Å². The van der Waals surface area contributed by atoms with Gasteiger partial charge in [0.15, 0.2) is 0 Å². The molecule has 0 radical (unpaired) electrons. The first-order valence-electron chi connectivity index (χ1n) is 9.64. The molecule has 1 saturated carbocycles. The number of halogens is 1. The molecule has 1 amide bonds. The van der Waals surface area contributed by atoms with Crippen LogP contribution < -0.4 is 16.0 Å². The molecule has 1 unspecified atom stereocenters. The number of benzene rings is 1. The van der Waals surface area contributed by atoms with Crippen LogP contribution in [0.4, 0.5) is 11.4 Å². The smallest absolute Gasteiger partial charge is 0.293 e. The number of amides is 1. The van der Waals surface area contributed by atoms with Crippen molar-refractivity contribution in [1.82, 2.24) is 5.32 Å². The molecule has 1 aliphatic carbocycles. The molecule has 3 rings (SSSR count). The number of nitrogens with one attached hydrogen (secondary N) is 1. The topological polar surface area (TPSA) is 102 Å². The molecule has 8 heteroatoms. The van der Waals surface area contributed by atoms with Gasteiger partial charge in [0.2, 0.25) is 0 Å². The van der Waals surface area contributed by atoms with Crippen molar-refractivity contribution in [3.8, 4) is 0 Å². The molecule has 2 fully saturated rings. The minimum absolute atomic E-state index is 0. The first kappa shape index (κ1) is 21.4. The second-order valence-corrected chi connectivity index (χ2v) is 7.37. The second kappa shape index (κ2) is 9.90. The summed E-state index contributed by atoms with van der Waals surface area (Å²) in [7, 11) is 0. The predicted molar refractivity (Wildman–Crippen MR) is 109 cm³/mol. The Morgan fingerprint density at radius 1 is 1.22 bits per heavy atom. The fourth-order valence-electron chi connectivity index (χ4n) is 4.19. The van der Waals surface area contributed by atoms with Crippen molar-refractivity contribution in [2.24, 2.45) is 11.7 Å². The van der Waals surface area contributed by atoms with Crippen LogP contribution in [0.2, 0.25) is 0 Å². The SMILES string of the molecule is Cl.NCC(NC(=O)c1ccc(N2CCCC2)c([N+](=O)[O-])c1)C1CCCCC1. The number of hydrogen-bond donors (Lipinski definition) is 2. The van der Waals surface area contributed by atoms with E-state index in [9.17, 15) is 14.9 Å². The highest BCUT2D eigenvalue weighted by Crippen LogP contribution is 2.32. The maximum absolute atomic E-state index is 12.7. The molecule has 1 aromatic carbocycles. The van der Waals surface area contributed by atoms with E-state index in [1.165, 1.54) is 25.3 Å². The van der Waals surface area contributed by atoms with E-state index >= 15 is 0 Å². The third-order valence-corrected chi connectivity index (χ3v) is 5.67. The zero-order chi connectivity index (χ0) is 18.5. The summed E-state index contributed by atoms with van der Waals surface area (Å²) < 4.78 is 0. The summed E-state index contributed by atoms with van der Waals surface area (Å²) >= 11 is 0. The Morgan fingerprint density at radius 3 is 2.48 bits per heavy atom. The monoisotopic (exact) mass is 396 g/mol. The Hall–Kier alpha value is -1.86. The van der Waals surface area contributed by atoms with Gasteiger partial charge in [0.25, 0.3) is 11.6 Å². The number of nitrogens with two attached hydrogens (primary N) is 1. The number of nitrogens with zero attached hydrogens (tertiary/aromatic N) is 2. The van der Waals surface area contributed by atoms with Crippen LogP contribution in [-0.4, -0.2) is 36.5 Å². The van der Waals surface area contributed by atoms with Gasteiger partial charge in [-0.3, -0.25) is 14.9 Å². The van der Waals surface area contributed by atoms with Crippen molar-refractivity contribution in [2.45, 2.75) is 51.0 Å². The van der Waals surface area contributed by atoms with Gasteiger partial charge in [0, 0.05) is 37.3 Å². The highest BCUT2D eigenvalue weighted by atomic mass is 35.5. The van der Waals surface area contributed by atoms with E-state index in [4.69, 9.17) is 5.73 Å². The Kier molecular flexibility index (Phi) is 7.86. The van der Waals surface area contributed by atoms with Crippen LogP contribution in [-0.2, 0) is 0 Å². The van der Waals surface area contributed by atoms with E-state index in [0.29, 0.717) is 23.7 Å². The average Bonchev–Trinajstić information content (AvgIpc) is 3.20. The van der Waals surface area contributed by atoms with Crippen molar-refractivity contribution < 1.29 is 9.72 Å². The quantitative estimate of drug-likeness (QED) is 0.567. The molecule has 2 aliphatic rings. The molecular formula is C19H29ClN4O3. The third-order valence-electron chi connectivity index (χ3n) is 5.67. The maximum atomic E-state index is 12.7. The minimum atomic E-state index is -0.397. The van der Waals surface area contributed by atoms with Gasteiger partial charge < -0.3 is 16.0 Å². The molecule has 1 aliphatic heterocycles. The van der Waals surface area contributed by atoms with Crippen molar-refractivity contribution in [1.29, 1.82) is 0 Å². The molecule has 3 N–H and O–H groups in total. The number of carbonyl (C=O) groups is 1. The number of rotatable bonds is 6. The van der Waals surface area contributed by atoms with Crippen LogP contribution in [0.25, 0.3) is 0 Å². The lowest BCUT2D eigenvalue weighted by atomic mass is 9.84. The maximum Gasteiger partial charge on any atom is 0.293 e. The molecule has 0 aromatic heterocycles. The molecule has 0 bridgehead atoms. The van der Waals surface area contributed by atoms with E-state index < -0.39 is 4.92 Å².